The third kappa shape index (κ3) is 3.89. The highest BCUT2D eigenvalue weighted by molar-refractivity contribution is 5.92. The van der Waals surface area contributed by atoms with Gasteiger partial charge in [0.25, 0.3) is 0 Å². The molecule has 2 aliphatic heterocycles. The van der Waals surface area contributed by atoms with Gasteiger partial charge in [0.1, 0.15) is 24.9 Å². The van der Waals surface area contributed by atoms with E-state index in [4.69, 9.17) is 14.2 Å². The fraction of sp³-hybridized carbons (Fsp3) is 0.538. The van der Waals surface area contributed by atoms with E-state index in [0.717, 1.165) is 0 Å². The van der Waals surface area contributed by atoms with Gasteiger partial charge in [0.15, 0.2) is 0 Å². The van der Waals surface area contributed by atoms with Gasteiger partial charge in [-0.25, -0.2) is 9.59 Å². The Kier molecular flexibility index (Phi) is 6.37. The molecule has 0 radical (unpaired) electrons. The van der Waals surface area contributed by atoms with Gasteiger partial charge in [-0.05, 0) is 26.1 Å². The Hall–Kier alpha value is -1.70. The van der Waals surface area contributed by atoms with E-state index in [0.29, 0.717) is 5.57 Å². The highest BCUT2D eigenvalue weighted by atomic mass is 16.6. The number of cyclic esters (lactones) is 1. The van der Waals surface area contributed by atoms with Crippen LogP contribution in [0.4, 0.5) is 0 Å². The summed E-state index contributed by atoms with van der Waals surface area (Å²) in [5.41, 5.74) is 4.84. The molecule has 0 amide bonds. The quantitative estimate of drug-likeness (QED) is 0.521. The first kappa shape index (κ1) is 16.4. The Labute approximate surface area is 117 Å². The van der Waals surface area contributed by atoms with Crippen molar-refractivity contribution < 1.29 is 28.9 Å². The largest absolute Gasteiger partial charge is 0.463 e. The molecule has 3 unspecified atom stereocenters. The summed E-state index contributed by atoms with van der Waals surface area (Å²) in [5.74, 6) is -0.964. The summed E-state index contributed by atoms with van der Waals surface area (Å²) in [6, 6.07) is 0. The van der Waals surface area contributed by atoms with E-state index in [1.807, 2.05) is 0 Å². The van der Waals surface area contributed by atoms with E-state index >= 15 is 0 Å². The lowest BCUT2D eigenvalue weighted by Crippen LogP contribution is -2.36. The molecule has 7 nitrogen and oxygen atoms in total. The predicted molar refractivity (Wildman–Crippen MR) is 69.6 cm³/mol. The smallest absolute Gasteiger partial charge is 0.336 e. The van der Waals surface area contributed by atoms with Crippen molar-refractivity contribution in [3.05, 3.63) is 23.8 Å². The molecule has 7 heteroatoms. The zero-order valence-electron chi connectivity index (χ0n) is 11.4. The van der Waals surface area contributed by atoms with Gasteiger partial charge in [-0.3, -0.25) is 0 Å². The lowest BCUT2D eigenvalue weighted by atomic mass is 10.0. The van der Waals surface area contributed by atoms with Crippen molar-refractivity contribution in [1.82, 2.24) is 0 Å². The minimum absolute atomic E-state index is 0.140. The maximum atomic E-state index is 11.2. The molecular formula is C13H19NO6. The van der Waals surface area contributed by atoms with Crippen LogP contribution in [0.25, 0.3) is 0 Å². The number of carbonyl (C=O) groups is 2. The van der Waals surface area contributed by atoms with Crippen molar-refractivity contribution in [2.45, 2.75) is 25.2 Å². The third-order valence-electron chi connectivity index (χ3n) is 2.67. The Balaban J connectivity index is 0.000000956. The summed E-state index contributed by atoms with van der Waals surface area (Å²) >= 11 is 0. The maximum Gasteiger partial charge on any atom is 0.336 e. The van der Waals surface area contributed by atoms with Crippen molar-refractivity contribution in [2.75, 3.05) is 20.3 Å². The van der Waals surface area contributed by atoms with E-state index in [1.165, 1.54) is 25.3 Å². The van der Waals surface area contributed by atoms with Gasteiger partial charge in [0.05, 0.1) is 12.2 Å². The van der Waals surface area contributed by atoms with E-state index in [2.05, 4.69) is 5.73 Å². The average Bonchev–Trinajstić information content (AvgIpc) is 2.80. The second kappa shape index (κ2) is 7.78. The molecule has 0 spiro atoms. The second-order valence-electron chi connectivity index (χ2n) is 3.91. The van der Waals surface area contributed by atoms with Crippen molar-refractivity contribution >= 4 is 11.9 Å². The molecular weight excluding hydrogens is 266 g/mol. The first-order valence-electron chi connectivity index (χ1n) is 6.27. The number of fused-ring (bicyclic) bond motifs is 1. The number of aliphatic hydroxyl groups excluding tert-OH is 1. The van der Waals surface area contributed by atoms with Crippen LogP contribution in [0.15, 0.2) is 23.8 Å². The fourth-order valence-electron chi connectivity index (χ4n) is 1.82. The number of hydrogen-bond acceptors (Lipinski definition) is 7. The van der Waals surface area contributed by atoms with Gasteiger partial charge in [-0.2, -0.15) is 0 Å². The molecule has 3 N–H and O–H groups in total. The molecule has 2 heterocycles. The molecule has 0 saturated carbocycles. The first-order valence-corrected chi connectivity index (χ1v) is 6.27. The monoisotopic (exact) mass is 285 g/mol. The number of carbonyl (C=O) groups excluding carboxylic acids is 2. The summed E-state index contributed by atoms with van der Waals surface area (Å²) in [7, 11) is 1.50. The first-order chi connectivity index (χ1) is 9.61. The van der Waals surface area contributed by atoms with Crippen molar-refractivity contribution in [3.8, 4) is 0 Å². The topological polar surface area (TPSA) is 108 Å². The second-order valence-corrected chi connectivity index (χ2v) is 3.91. The SMILES string of the molecule is CCOC(=O)/C=C/C1OC2COC(=O)C2=CC1O.CN. The van der Waals surface area contributed by atoms with Crippen LogP contribution in [-0.4, -0.2) is 55.6 Å². The van der Waals surface area contributed by atoms with Gasteiger partial charge in [-0.15, -0.1) is 0 Å². The molecule has 0 aliphatic carbocycles. The average molecular weight is 285 g/mol. The van der Waals surface area contributed by atoms with Crippen LogP contribution in [0, 0.1) is 0 Å². The van der Waals surface area contributed by atoms with Crippen LogP contribution in [-0.2, 0) is 23.8 Å². The molecule has 2 aliphatic rings. The zero-order chi connectivity index (χ0) is 15.1. The molecule has 0 aromatic carbocycles. The molecule has 112 valence electrons. The molecule has 2 rings (SSSR count). The van der Waals surface area contributed by atoms with Crippen LogP contribution >= 0.6 is 0 Å². The van der Waals surface area contributed by atoms with Crippen molar-refractivity contribution in [2.24, 2.45) is 5.73 Å². The zero-order valence-corrected chi connectivity index (χ0v) is 11.4. The Morgan fingerprint density at radius 2 is 2.30 bits per heavy atom. The summed E-state index contributed by atoms with van der Waals surface area (Å²) < 4.78 is 15.0. The fourth-order valence-corrected chi connectivity index (χ4v) is 1.82. The minimum Gasteiger partial charge on any atom is -0.463 e. The molecule has 0 aromatic rings. The maximum absolute atomic E-state index is 11.2. The van der Waals surface area contributed by atoms with E-state index in [9.17, 15) is 14.7 Å². The number of aliphatic hydroxyl groups is 1. The standard InChI is InChI=1S/C12H14O6.CH5N/c1-2-16-11(14)4-3-9-8(13)5-7-10(18-9)6-17-12(7)15;1-2/h3-5,8-10,13H,2,6H2,1H3;2H2,1H3/b4-3+;. The number of esters is 2. The molecule has 1 saturated heterocycles. The van der Waals surface area contributed by atoms with Crippen LogP contribution in [0.2, 0.25) is 0 Å². The van der Waals surface area contributed by atoms with Gasteiger partial charge >= 0.3 is 11.9 Å². The lowest BCUT2D eigenvalue weighted by Gasteiger charge is -2.26. The highest BCUT2D eigenvalue weighted by Crippen LogP contribution is 2.26. The van der Waals surface area contributed by atoms with Gasteiger partial charge < -0.3 is 25.1 Å². The van der Waals surface area contributed by atoms with Crippen LogP contribution in [0.1, 0.15) is 6.92 Å². The van der Waals surface area contributed by atoms with Gasteiger partial charge in [-0.1, -0.05) is 0 Å². The number of ether oxygens (including phenoxy) is 3. The molecule has 20 heavy (non-hydrogen) atoms. The predicted octanol–water partition coefficient (Wildman–Crippen LogP) is -0.708. The summed E-state index contributed by atoms with van der Waals surface area (Å²) in [4.78, 5) is 22.4. The van der Waals surface area contributed by atoms with Crippen molar-refractivity contribution in [1.29, 1.82) is 0 Å². The van der Waals surface area contributed by atoms with E-state index in [-0.39, 0.29) is 13.2 Å². The molecule has 3 atom stereocenters. The number of hydrogen-bond donors (Lipinski definition) is 2. The Morgan fingerprint density at radius 3 is 2.95 bits per heavy atom. The van der Waals surface area contributed by atoms with Crippen molar-refractivity contribution in [3.63, 3.8) is 0 Å². The summed E-state index contributed by atoms with van der Waals surface area (Å²) in [5, 5.41) is 9.76. The minimum atomic E-state index is -0.979. The van der Waals surface area contributed by atoms with Gasteiger partial charge in [0.2, 0.25) is 0 Å². The van der Waals surface area contributed by atoms with Crippen LogP contribution in [0.3, 0.4) is 0 Å². The summed E-state index contributed by atoms with van der Waals surface area (Å²) in [6.45, 7) is 2.13. The van der Waals surface area contributed by atoms with Crippen LogP contribution in [0.5, 0.6) is 0 Å². The molecule has 1 fully saturated rings. The Morgan fingerprint density at radius 1 is 1.60 bits per heavy atom. The summed E-state index contributed by atoms with van der Waals surface area (Å²) in [6.07, 6.45) is 1.89. The lowest BCUT2D eigenvalue weighted by molar-refractivity contribution is -0.137. The normalized spacial score (nSPS) is 28.1. The van der Waals surface area contributed by atoms with E-state index in [1.54, 1.807) is 6.92 Å². The van der Waals surface area contributed by atoms with Gasteiger partial charge in [0, 0.05) is 6.08 Å². The van der Waals surface area contributed by atoms with E-state index < -0.39 is 30.3 Å². The van der Waals surface area contributed by atoms with Crippen LogP contribution < -0.4 is 5.73 Å². The third-order valence-corrected chi connectivity index (χ3v) is 2.67. The number of rotatable bonds is 3. The molecule has 0 bridgehead atoms. The number of nitrogens with two attached hydrogens (primary N) is 1. The Bertz CT molecular complexity index is 417. The molecule has 0 aromatic heterocycles. The highest BCUT2D eigenvalue weighted by Gasteiger charge is 2.38.